The largest absolute Gasteiger partial charge is 1.00 e. The number of aliphatic carboxylic acids is 2. The van der Waals surface area contributed by atoms with Gasteiger partial charge >= 0.3 is 233 Å². The zero-order valence-corrected chi connectivity index (χ0v) is 29.4. The smallest absolute Gasteiger partial charge is 0.552 e. The summed E-state index contributed by atoms with van der Waals surface area (Å²) in [5.41, 5.74) is -1.97. The SMILES string of the molecule is C[CH-]C(C)(C(=O)[O-])C(=O)[O-].[Rb+].[Rb+].[Rb+].[Rb+]. The second kappa shape index (κ2) is 17.2. The van der Waals surface area contributed by atoms with Crippen molar-refractivity contribution in [3.05, 3.63) is 6.42 Å². The summed E-state index contributed by atoms with van der Waals surface area (Å²) in [5, 5.41) is 20.3. The van der Waals surface area contributed by atoms with Crippen LogP contribution in [-0.2, 0) is 9.59 Å². The van der Waals surface area contributed by atoms with Crippen molar-refractivity contribution in [3.8, 4) is 0 Å². The Labute approximate surface area is 280 Å². The van der Waals surface area contributed by atoms with E-state index in [2.05, 4.69) is 0 Å². The molecule has 0 rings (SSSR count). The standard InChI is InChI=1S/C6H9O4.4Rb/c1-3-6(2,4(7)8)5(9)10;;;;/h3H,1-2H3,(H,7,8)(H,9,10);;;;/q-1;4*+1/p-2. The Morgan fingerprint density at radius 3 is 1.21 bits per heavy atom. The second-order valence-corrected chi connectivity index (χ2v) is 2.07. The summed E-state index contributed by atoms with van der Waals surface area (Å²) in [6.45, 7) is 2.34. The molecule has 0 aliphatic carbocycles. The van der Waals surface area contributed by atoms with E-state index in [9.17, 15) is 19.8 Å². The maximum Gasteiger partial charge on any atom is 1.00 e. The predicted molar refractivity (Wildman–Crippen MR) is 28.1 cm³/mol. The van der Waals surface area contributed by atoms with E-state index >= 15 is 0 Å². The Hall–Kier alpha value is 6.16. The normalized spacial score (nSPS) is 7.86. The minimum Gasteiger partial charge on any atom is -0.552 e. The Kier molecular flexibility index (Phi) is 39.6. The molecule has 0 amide bonds. The van der Waals surface area contributed by atoms with Crippen LogP contribution in [0.3, 0.4) is 0 Å². The van der Waals surface area contributed by atoms with Crippen molar-refractivity contribution in [1.29, 1.82) is 0 Å². The molecular formula is C6H7O4Rb4+. The number of rotatable bonds is 3. The number of hydrogen-bond acceptors (Lipinski definition) is 4. The van der Waals surface area contributed by atoms with Gasteiger partial charge in [-0.2, -0.15) is 6.92 Å². The van der Waals surface area contributed by atoms with E-state index in [-0.39, 0.29) is 233 Å². The Morgan fingerprint density at radius 2 is 1.21 bits per heavy atom. The molecule has 0 aromatic heterocycles. The van der Waals surface area contributed by atoms with Gasteiger partial charge in [-0.1, -0.05) is 12.3 Å². The quantitative estimate of drug-likeness (QED) is 0.294. The van der Waals surface area contributed by atoms with Crippen LogP contribution in [0.2, 0.25) is 0 Å². The summed E-state index contributed by atoms with van der Waals surface area (Å²) in [6, 6.07) is 0. The topological polar surface area (TPSA) is 80.3 Å². The van der Waals surface area contributed by atoms with E-state index in [0.29, 0.717) is 0 Å². The molecule has 0 unspecified atom stereocenters. The summed E-state index contributed by atoms with van der Waals surface area (Å²) in [5.74, 6) is -3.31. The van der Waals surface area contributed by atoms with Gasteiger partial charge in [0, 0.05) is 11.9 Å². The number of carbonyl (C=O) groups is 2. The van der Waals surface area contributed by atoms with Crippen molar-refractivity contribution in [3.63, 3.8) is 0 Å². The van der Waals surface area contributed by atoms with Gasteiger partial charge in [-0.3, -0.25) is 0 Å². The van der Waals surface area contributed by atoms with Crippen LogP contribution in [0.5, 0.6) is 0 Å². The first-order valence-corrected chi connectivity index (χ1v) is 2.68. The van der Waals surface area contributed by atoms with E-state index < -0.39 is 17.4 Å². The van der Waals surface area contributed by atoms with Crippen LogP contribution in [0.25, 0.3) is 0 Å². The molecule has 4 nitrogen and oxygen atoms in total. The molecule has 58 valence electrons. The molecule has 0 aromatic rings. The third-order valence-corrected chi connectivity index (χ3v) is 1.43. The first-order chi connectivity index (χ1) is 4.45. The maximum atomic E-state index is 10.1. The maximum absolute atomic E-state index is 10.1. The van der Waals surface area contributed by atoms with Crippen molar-refractivity contribution in [2.75, 3.05) is 0 Å². The van der Waals surface area contributed by atoms with Crippen LogP contribution in [0, 0.1) is 11.8 Å². The van der Waals surface area contributed by atoms with Crippen LogP contribution < -0.4 is 243 Å². The van der Waals surface area contributed by atoms with Crippen LogP contribution >= 0.6 is 0 Å². The molecule has 0 bridgehead atoms. The molecule has 0 heterocycles. The fraction of sp³-hybridized carbons (Fsp3) is 0.500. The van der Waals surface area contributed by atoms with E-state index in [1.807, 2.05) is 0 Å². The fourth-order valence-corrected chi connectivity index (χ4v) is 0.319. The number of carboxylic acid groups (broad SMARTS) is 2. The molecule has 0 saturated carbocycles. The van der Waals surface area contributed by atoms with Gasteiger partial charge in [-0.15, -0.1) is 0 Å². The fourth-order valence-electron chi connectivity index (χ4n) is 0.319. The number of hydrogen-bond donors (Lipinski definition) is 0. The van der Waals surface area contributed by atoms with Crippen LogP contribution in [0.15, 0.2) is 0 Å². The second-order valence-electron chi connectivity index (χ2n) is 2.07. The molecule has 0 N–H and O–H groups in total. The van der Waals surface area contributed by atoms with Crippen molar-refractivity contribution in [2.45, 2.75) is 13.8 Å². The van der Waals surface area contributed by atoms with Gasteiger partial charge in [-0.25, -0.2) is 0 Å². The van der Waals surface area contributed by atoms with E-state index in [4.69, 9.17) is 0 Å². The summed E-state index contributed by atoms with van der Waals surface area (Å²) >= 11 is 0. The molecule has 0 aliphatic heterocycles. The van der Waals surface area contributed by atoms with Crippen molar-refractivity contribution in [2.24, 2.45) is 5.41 Å². The third kappa shape index (κ3) is 11.9. The number of carboxylic acids is 2. The molecule has 0 atom stereocenters. The summed E-state index contributed by atoms with van der Waals surface area (Å²) in [7, 11) is 0. The van der Waals surface area contributed by atoms with E-state index in [1.54, 1.807) is 0 Å². The zero-order chi connectivity index (χ0) is 8.36. The van der Waals surface area contributed by atoms with Gasteiger partial charge in [0.05, 0.1) is 0 Å². The van der Waals surface area contributed by atoms with Crippen LogP contribution in [0.1, 0.15) is 13.8 Å². The monoisotopic (exact) mass is 483 g/mol. The molecule has 0 spiro atoms. The van der Waals surface area contributed by atoms with Gasteiger partial charge < -0.3 is 26.2 Å². The first-order valence-electron chi connectivity index (χ1n) is 2.68. The Morgan fingerprint density at radius 1 is 1.00 bits per heavy atom. The molecule has 0 fully saturated rings. The van der Waals surface area contributed by atoms with Gasteiger partial charge in [-0.05, 0) is 0 Å². The minimum absolute atomic E-state index is 0. The van der Waals surface area contributed by atoms with Crippen molar-refractivity contribution >= 4 is 11.9 Å². The zero-order valence-electron chi connectivity index (χ0n) is 9.71. The Bertz CT molecular complexity index is 159. The van der Waals surface area contributed by atoms with Gasteiger partial charge in [0.1, 0.15) is 0 Å². The van der Waals surface area contributed by atoms with Crippen molar-refractivity contribution in [1.82, 2.24) is 0 Å². The molecular weight excluding hydrogens is 478 g/mol. The van der Waals surface area contributed by atoms with E-state index in [0.717, 1.165) is 13.3 Å². The Balaban J connectivity index is -0.0000000675. The van der Waals surface area contributed by atoms with Crippen LogP contribution in [0.4, 0.5) is 0 Å². The molecule has 0 radical (unpaired) electrons. The summed E-state index contributed by atoms with van der Waals surface area (Å²) < 4.78 is 0. The summed E-state index contributed by atoms with van der Waals surface area (Å²) in [4.78, 5) is 20.3. The molecule has 0 aliphatic rings. The molecule has 8 heteroatoms. The average molecular weight is 485 g/mol. The van der Waals surface area contributed by atoms with Gasteiger partial charge in [0.15, 0.2) is 0 Å². The molecule has 0 saturated heterocycles. The van der Waals surface area contributed by atoms with Crippen molar-refractivity contribution < 1.29 is 253 Å². The molecule has 0 aromatic carbocycles. The van der Waals surface area contributed by atoms with Crippen LogP contribution in [-0.4, -0.2) is 11.9 Å². The molecule has 14 heavy (non-hydrogen) atoms. The third-order valence-electron chi connectivity index (χ3n) is 1.43. The summed E-state index contributed by atoms with van der Waals surface area (Å²) in [6.07, 6.45) is 1.01. The first kappa shape index (κ1) is 32.2. The van der Waals surface area contributed by atoms with Gasteiger partial charge in [0.25, 0.3) is 0 Å². The average Bonchev–Trinajstić information content (AvgIpc) is 1.85. The van der Waals surface area contributed by atoms with Gasteiger partial charge in [0.2, 0.25) is 0 Å². The number of carbonyl (C=O) groups excluding carboxylic acids is 2. The van der Waals surface area contributed by atoms with E-state index in [1.165, 1.54) is 6.92 Å². The minimum atomic E-state index is -1.97. The predicted octanol–water partition coefficient (Wildman–Crippen LogP) is -14.3.